The third-order valence-electron chi connectivity index (χ3n) is 5.40. The summed E-state index contributed by atoms with van der Waals surface area (Å²) in [6.45, 7) is 0. The molecule has 0 aliphatic carbocycles. The Balaban J connectivity index is 1.89. The SMILES string of the molecule is COC(=O)[C@H]1Cc2c([nH]c3ccccc23)[C@H](Cc2ccccc2)N1C(=O)CCl. The third-order valence-corrected chi connectivity index (χ3v) is 5.62. The minimum Gasteiger partial charge on any atom is -0.467 e. The molecule has 0 saturated heterocycles. The normalized spacial score (nSPS) is 18.7. The topological polar surface area (TPSA) is 62.4 Å². The van der Waals surface area contributed by atoms with E-state index >= 15 is 0 Å². The Bertz CT molecular complexity index is 1020. The molecule has 0 saturated carbocycles. The van der Waals surface area contributed by atoms with Gasteiger partial charge in [0.1, 0.15) is 11.9 Å². The molecule has 5 nitrogen and oxygen atoms in total. The number of aromatic amines is 1. The van der Waals surface area contributed by atoms with Crippen molar-refractivity contribution in [3.63, 3.8) is 0 Å². The zero-order chi connectivity index (χ0) is 19.7. The number of H-pyrrole nitrogens is 1. The van der Waals surface area contributed by atoms with Crippen LogP contribution in [0.1, 0.15) is 22.9 Å². The summed E-state index contributed by atoms with van der Waals surface area (Å²) in [6, 6.07) is 16.9. The quantitative estimate of drug-likeness (QED) is 0.541. The van der Waals surface area contributed by atoms with E-state index < -0.39 is 12.0 Å². The molecule has 144 valence electrons. The Labute approximate surface area is 168 Å². The zero-order valence-electron chi connectivity index (χ0n) is 15.5. The van der Waals surface area contributed by atoms with Crippen molar-refractivity contribution in [1.29, 1.82) is 0 Å². The summed E-state index contributed by atoms with van der Waals surface area (Å²) >= 11 is 5.92. The smallest absolute Gasteiger partial charge is 0.328 e. The van der Waals surface area contributed by atoms with Gasteiger partial charge in [-0.1, -0.05) is 48.5 Å². The molecule has 0 bridgehead atoms. The highest BCUT2D eigenvalue weighted by Gasteiger charge is 2.42. The van der Waals surface area contributed by atoms with Crippen LogP contribution in [0.5, 0.6) is 0 Å². The van der Waals surface area contributed by atoms with E-state index in [9.17, 15) is 9.59 Å². The molecule has 2 atom stereocenters. The lowest BCUT2D eigenvalue weighted by atomic mass is 9.88. The van der Waals surface area contributed by atoms with Crippen LogP contribution in [0, 0.1) is 0 Å². The van der Waals surface area contributed by atoms with Crippen LogP contribution in [-0.4, -0.2) is 40.8 Å². The zero-order valence-corrected chi connectivity index (χ0v) is 16.3. The number of amides is 1. The summed E-state index contributed by atoms with van der Waals surface area (Å²) in [7, 11) is 1.35. The number of hydrogen-bond donors (Lipinski definition) is 1. The minimum atomic E-state index is -0.698. The molecule has 4 rings (SSSR count). The van der Waals surface area contributed by atoms with E-state index in [-0.39, 0.29) is 17.8 Å². The molecule has 0 spiro atoms. The second-order valence-electron chi connectivity index (χ2n) is 6.95. The molecule has 1 aliphatic rings. The molecule has 1 aliphatic heterocycles. The monoisotopic (exact) mass is 396 g/mol. The van der Waals surface area contributed by atoms with E-state index in [2.05, 4.69) is 4.98 Å². The van der Waals surface area contributed by atoms with Gasteiger partial charge in [0.15, 0.2) is 0 Å². The number of carbonyl (C=O) groups excluding carboxylic acids is 2. The molecule has 1 aromatic heterocycles. The molecule has 3 aromatic rings. The Morgan fingerprint density at radius 1 is 1.14 bits per heavy atom. The Hall–Kier alpha value is -2.79. The van der Waals surface area contributed by atoms with Crippen LogP contribution in [0.15, 0.2) is 54.6 Å². The van der Waals surface area contributed by atoms with E-state index in [1.165, 1.54) is 7.11 Å². The first-order valence-corrected chi connectivity index (χ1v) is 9.75. The average Bonchev–Trinajstić information content (AvgIpc) is 3.12. The Morgan fingerprint density at radius 3 is 2.57 bits per heavy atom. The van der Waals surface area contributed by atoms with E-state index in [1.807, 2.05) is 54.6 Å². The molecule has 6 heteroatoms. The fraction of sp³-hybridized carbons (Fsp3) is 0.273. The highest BCUT2D eigenvalue weighted by Crippen LogP contribution is 2.39. The van der Waals surface area contributed by atoms with Crippen LogP contribution < -0.4 is 0 Å². The number of rotatable bonds is 4. The number of nitrogens with zero attached hydrogens (tertiary/aromatic N) is 1. The van der Waals surface area contributed by atoms with Crippen LogP contribution in [0.25, 0.3) is 10.9 Å². The number of benzene rings is 2. The summed E-state index contributed by atoms with van der Waals surface area (Å²) in [4.78, 5) is 30.5. The van der Waals surface area contributed by atoms with Gasteiger partial charge in [-0.15, -0.1) is 11.6 Å². The molecule has 1 N–H and O–H groups in total. The second kappa shape index (κ2) is 7.68. The van der Waals surface area contributed by atoms with E-state index in [0.29, 0.717) is 12.8 Å². The van der Waals surface area contributed by atoms with Gasteiger partial charge in [-0.2, -0.15) is 0 Å². The summed E-state index contributed by atoms with van der Waals surface area (Å²) in [5, 5.41) is 1.07. The van der Waals surface area contributed by atoms with Gasteiger partial charge in [-0.25, -0.2) is 4.79 Å². The number of carbonyl (C=O) groups is 2. The summed E-state index contributed by atoms with van der Waals surface area (Å²) in [5.41, 5.74) is 4.10. The number of aromatic nitrogens is 1. The number of nitrogens with one attached hydrogen (secondary N) is 1. The minimum absolute atomic E-state index is 0.186. The highest BCUT2D eigenvalue weighted by atomic mass is 35.5. The first-order chi connectivity index (χ1) is 13.6. The molecule has 2 aromatic carbocycles. The molecule has 0 radical (unpaired) electrons. The number of halogens is 1. The number of ether oxygens (including phenoxy) is 1. The predicted octanol–water partition coefficient (Wildman–Crippen LogP) is 3.62. The number of para-hydroxylation sites is 1. The molecule has 0 fully saturated rings. The van der Waals surface area contributed by atoms with Crippen molar-refractivity contribution in [1.82, 2.24) is 9.88 Å². The Kier molecular flexibility index (Phi) is 5.09. The lowest BCUT2D eigenvalue weighted by Crippen LogP contribution is -2.52. The lowest BCUT2D eigenvalue weighted by Gasteiger charge is -2.40. The van der Waals surface area contributed by atoms with Crippen molar-refractivity contribution in [3.05, 3.63) is 71.4 Å². The van der Waals surface area contributed by atoms with Gasteiger partial charge >= 0.3 is 5.97 Å². The van der Waals surface area contributed by atoms with E-state index in [0.717, 1.165) is 27.7 Å². The van der Waals surface area contributed by atoms with E-state index in [1.54, 1.807) is 4.90 Å². The largest absolute Gasteiger partial charge is 0.467 e. The third kappa shape index (κ3) is 3.16. The van der Waals surface area contributed by atoms with Crippen molar-refractivity contribution in [2.75, 3.05) is 13.0 Å². The molecule has 1 amide bonds. The average molecular weight is 397 g/mol. The van der Waals surface area contributed by atoms with Gasteiger partial charge in [-0.05, 0) is 23.6 Å². The Morgan fingerprint density at radius 2 is 1.86 bits per heavy atom. The number of methoxy groups -OCH3 is 1. The molecule has 0 unspecified atom stereocenters. The molecule has 28 heavy (non-hydrogen) atoms. The molecule has 2 heterocycles. The van der Waals surface area contributed by atoms with Gasteiger partial charge in [0, 0.05) is 23.0 Å². The van der Waals surface area contributed by atoms with Gasteiger partial charge in [0.25, 0.3) is 0 Å². The van der Waals surface area contributed by atoms with Gasteiger partial charge < -0.3 is 14.6 Å². The maximum absolute atomic E-state index is 12.8. The number of fused-ring (bicyclic) bond motifs is 3. The standard InChI is InChI=1S/C22H21ClN2O3/c1-28-22(27)19-12-16-15-9-5-6-10-17(15)24-21(16)18(25(19)20(26)13-23)11-14-7-3-2-4-8-14/h2-10,18-19,24H,11-13H2,1H3/t18-,19+/m0/s1. The van der Waals surface area contributed by atoms with Gasteiger partial charge in [0.05, 0.1) is 13.2 Å². The van der Waals surface area contributed by atoms with Crippen LogP contribution in [0.3, 0.4) is 0 Å². The number of alkyl halides is 1. The second-order valence-corrected chi connectivity index (χ2v) is 7.21. The van der Waals surface area contributed by atoms with Crippen molar-refractivity contribution in [3.8, 4) is 0 Å². The van der Waals surface area contributed by atoms with Crippen LogP contribution in [0.2, 0.25) is 0 Å². The van der Waals surface area contributed by atoms with Crippen LogP contribution in [-0.2, 0) is 27.2 Å². The highest BCUT2D eigenvalue weighted by molar-refractivity contribution is 6.27. The lowest BCUT2D eigenvalue weighted by molar-refractivity contribution is -0.155. The summed E-state index contributed by atoms with van der Waals surface area (Å²) in [5.74, 6) is -0.885. The first-order valence-electron chi connectivity index (χ1n) is 9.22. The fourth-order valence-corrected chi connectivity index (χ4v) is 4.30. The van der Waals surface area contributed by atoms with Crippen molar-refractivity contribution in [2.24, 2.45) is 0 Å². The fourth-order valence-electron chi connectivity index (χ4n) is 4.16. The van der Waals surface area contributed by atoms with Gasteiger partial charge in [-0.3, -0.25) is 4.79 Å². The maximum Gasteiger partial charge on any atom is 0.328 e. The maximum atomic E-state index is 12.8. The number of hydrogen-bond acceptors (Lipinski definition) is 3. The van der Waals surface area contributed by atoms with Crippen molar-refractivity contribution in [2.45, 2.75) is 24.9 Å². The van der Waals surface area contributed by atoms with Crippen molar-refractivity contribution >= 4 is 34.4 Å². The van der Waals surface area contributed by atoms with Crippen molar-refractivity contribution < 1.29 is 14.3 Å². The van der Waals surface area contributed by atoms with Crippen LogP contribution >= 0.6 is 11.6 Å². The van der Waals surface area contributed by atoms with E-state index in [4.69, 9.17) is 16.3 Å². The molecular weight excluding hydrogens is 376 g/mol. The first kappa shape index (κ1) is 18.6. The molecular formula is C22H21ClN2O3. The summed E-state index contributed by atoms with van der Waals surface area (Å²) < 4.78 is 5.03. The summed E-state index contributed by atoms with van der Waals surface area (Å²) in [6.07, 6.45) is 0.983. The van der Waals surface area contributed by atoms with Crippen LogP contribution in [0.4, 0.5) is 0 Å². The van der Waals surface area contributed by atoms with Gasteiger partial charge in [0.2, 0.25) is 5.91 Å². The predicted molar refractivity (Wildman–Crippen MR) is 108 cm³/mol. The number of esters is 1.